The zero-order valence-corrected chi connectivity index (χ0v) is 25.7. The summed E-state index contributed by atoms with van der Waals surface area (Å²) < 4.78 is 5.91. The Morgan fingerprint density at radius 1 is 0.474 bits per heavy atom. The van der Waals surface area contributed by atoms with Gasteiger partial charge in [-0.2, -0.15) is 0 Å². The lowest BCUT2D eigenvalue weighted by Gasteiger charge is -2.23. The van der Waals surface area contributed by atoms with Crippen LogP contribution in [0.5, 0.6) is 5.75 Å². The minimum atomic E-state index is -1.37. The van der Waals surface area contributed by atoms with Crippen LogP contribution in [0, 0.1) is 0 Å². The summed E-state index contributed by atoms with van der Waals surface area (Å²) in [5.74, 6) is 0.968. The molecule has 0 radical (unpaired) electrons. The van der Waals surface area contributed by atoms with E-state index in [0.29, 0.717) is 0 Å². The third-order valence-electron chi connectivity index (χ3n) is 7.99. The minimum Gasteiger partial charge on any atom is -0.494 e. The molecule has 0 atom stereocenters. The fraction of sp³-hybridized carbons (Fsp3) is 0.500. The topological polar surface area (TPSA) is 9.23 Å². The van der Waals surface area contributed by atoms with Crippen LogP contribution in [-0.4, -0.2) is 14.7 Å². The van der Waals surface area contributed by atoms with Crippen LogP contribution in [0.15, 0.2) is 72.8 Å². The first kappa shape index (κ1) is 30.2. The zero-order valence-electron chi connectivity index (χ0n) is 24.7. The van der Waals surface area contributed by atoms with Crippen molar-refractivity contribution in [2.45, 2.75) is 110 Å². The van der Waals surface area contributed by atoms with Crippen LogP contribution in [0.25, 0.3) is 22.3 Å². The highest BCUT2D eigenvalue weighted by molar-refractivity contribution is 6.89. The molecule has 0 bridgehead atoms. The molecule has 38 heavy (non-hydrogen) atoms. The summed E-state index contributed by atoms with van der Waals surface area (Å²) >= 11 is 0. The van der Waals surface area contributed by atoms with Gasteiger partial charge in [-0.05, 0) is 40.8 Å². The Morgan fingerprint density at radius 2 is 0.868 bits per heavy atom. The fourth-order valence-corrected chi connectivity index (χ4v) is 7.77. The lowest BCUT2D eigenvalue weighted by Crippen LogP contribution is -2.40. The van der Waals surface area contributed by atoms with E-state index in [-0.39, 0.29) is 0 Å². The van der Waals surface area contributed by atoms with E-state index in [1.54, 1.807) is 5.19 Å². The summed E-state index contributed by atoms with van der Waals surface area (Å²) in [5, 5.41) is 1.59. The van der Waals surface area contributed by atoms with Crippen LogP contribution in [-0.2, 0) is 0 Å². The Morgan fingerprint density at radius 3 is 1.37 bits per heavy atom. The van der Waals surface area contributed by atoms with Crippen molar-refractivity contribution >= 4 is 13.3 Å². The molecule has 3 aromatic rings. The Labute approximate surface area is 235 Å². The molecule has 0 aromatic heterocycles. The van der Waals surface area contributed by atoms with Crippen LogP contribution in [0.4, 0.5) is 0 Å². The van der Waals surface area contributed by atoms with E-state index in [1.165, 1.54) is 98.9 Å². The lowest BCUT2D eigenvalue weighted by atomic mass is 10.0. The molecule has 3 rings (SSSR count). The summed E-state index contributed by atoms with van der Waals surface area (Å²) in [4.78, 5) is 0. The van der Waals surface area contributed by atoms with E-state index < -0.39 is 8.07 Å². The van der Waals surface area contributed by atoms with Crippen molar-refractivity contribution in [3.8, 4) is 28.0 Å². The average Bonchev–Trinajstić information content (AvgIpc) is 2.95. The molecule has 0 aliphatic heterocycles. The van der Waals surface area contributed by atoms with Crippen molar-refractivity contribution < 1.29 is 4.74 Å². The first-order valence-electron chi connectivity index (χ1n) is 15.5. The lowest BCUT2D eigenvalue weighted by molar-refractivity contribution is 0.305. The maximum absolute atomic E-state index is 5.91. The molecule has 0 heterocycles. The molecule has 0 amide bonds. The van der Waals surface area contributed by atoms with Crippen molar-refractivity contribution in [1.82, 2.24) is 0 Å². The highest BCUT2D eigenvalue weighted by Crippen LogP contribution is 2.27. The van der Waals surface area contributed by atoms with Crippen LogP contribution < -0.4 is 9.92 Å². The number of rotatable bonds is 18. The molecular formula is C36H52OSi. The Bertz CT molecular complexity index is 1020. The molecule has 1 nitrogen and oxygen atoms in total. The summed E-state index contributed by atoms with van der Waals surface area (Å²) in [6, 6.07) is 28.4. The highest BCUT2D eigenvalue weighted by Gasteiger charge is 2.22. The van der Waals surface area contributed by atoms with Gasteiger partial charge in [0.15, 0.2) is 0 Å². The number of unbranched alkanes of at least 4 members (excludes halogenated alkanes) is 10. The van der Waals surface area contributed by atoms with Crippen LogP contribution in [0.1, 0.15) is 90.9 Å². The quantitative estimate of drug-likeness (QED) is 0.118. The van der Waals surface area contributed by atoms with Crippen molar-refractivity contribution in [1.29, 1.82) is 0 Å². The van der Waals surface area contributed by atoms with E-state index >= 15 is 0 Å². The first-order chi connectivity index (χ1) is 18.5. The molecule has 0 aliphatic carbocycles. The number of benzene rings is 3. The SMILES string of the molecule is CCCCCCCCCC[Si](C)(C)c1ccc(-c2ccc(-c3ccc(OCCCCCC)cc3)cc2)cc1. The molecule has 2 heteroatoms. The van der Waals surface area contributed by atoms with Gasteiger partial charge in [-0.3, -0.25) is 0 Å². The maximum Gasteiger partial charge on any atom is 0.119 e. The van der Waals surface area contributed by atoms with E-state index in [0.717, 1.165) is 18.8 Å². The van der Waals surface area contributed by atoms with Crippen LogP contribution in [0.3, 0.4) is 0 Å². The number of hydrogen-bond donors (Lipinski definition) is 0. The van der Waals surface area contributed by atoms with E-state index in [1.807, 2.05) is 0 Å². The first-order valence-corrected chi connectivity index (χ1v) is 18.7. The molecule has 206 valence electrons. The number of ether oxygens (including phenoxy) is 1. The molecule has 0 saturated carbocycles. The predicted octanol–water partition coefficient (Wildman–Crippen LogP) is 11.0. The molecule has 0 aliphatic rings. The van der Waals surface area contributed by atoms with E-state index in [2.05, 4.69) is 99.7 Å². The minimum absolute atomic E-state index is 0.811. The van der Waals surface area contributed by atoms with Crippen LogP contribution in [0.2, 0.25) is 19.1 Å². The largest absolute Gasteiger partial charge is 0.494 e. The molecule has 3 aromatic carbocycles. The smallest absolute Gasteiger partial charge is 0.119 e. The molecule has 0 unspecified atom stereocenters. The highest BCUT2D eigenvalue weighted by atomic mass is 28.3. The van der Waals surface area contributed by atoms with Gasteiger partial charge in [-0.15, -0.1) is 0 Å². The van der Waals surface area contributed by atoms with Crippen molar-refractivity contribution in [3.63, 3.8) is 0 Å². The predicted molar refractivity (Wildman–Crippen MR) is 171 cm³/mol. The Balaban J connectivity index is 1.48. The third-order valence-corrected chi connectivity index (χ3v) is 11.5. The molecule has 0 fully saturated rings. The standard InChI is InChI=1S/C36H52OSi/c1-5-7-9-11-12-13-14-16-30-38(3,4)36-27-23-34(24-28-36)32-19-17-31(18-20-32)33-21-25-35(26-22-33)37-29-15-10-8-6-2/h17-28H,5-16,29-30H2,1-4H3. The second-order valence-electron chi connectivity index (χ2n) is 11.7. The average molecular weight is 529 g/mol. The van der Waals surface area contributed by atoms with E-state index in [9.17, 15) is 0 Å². The van der Waals surface area contributed by atoms with Crippen LogP contribution >= 0.6 is 0 Å². The summed E-state index contributed by atoms with van der Waals surface area (Å²) in [5.41, 5.74) is 5.08. The van der Waals surface area contributed by atoms with Gasteiger partial charge in [0, 0.05) is 0 Å². The normalized spacial score (nSPS) is 11.6. The Kier molecular flexibility index (Phi) is 13.2. The van der Waals surface area contributed by atoms with E-state index in [4.69, 9.17) is 4.74 Å². The molecule has 0 spiro atoms. The second-order valence-corrected chi connectivity index (χ2v) is 16.5. The van der Waals surface area contributed by atoms with Gasteiger partial charge in [0.2, 0.25) is 0 Å². The molecular weight excluding hydrogens is 476 g/mol. The second kappa shape index (κ2) is 16.6. The van der Waals surface area contributed by atoms with Gasteiger partial charge in [0.05, 0.1) is 14.7 Å². The van der Waals surface area contributed by atoms with Gasteiger partial charge >= 0.3 is 0 Å². The summed E-state index contributed by atoms with van der Waals surface area (Å²) in [6.45, 7) is 10.4. The van der Waals surface area contributed by atoms with Gasteiger partial charge in [0.1, 0.15) is 5.75 Å². The maximum atomic E-state index is 5.91. The molecule has 0 saturated heterocycles. The van der Waals surface area contributed by atoms with Gasteiger partial charge in [0.25, 0.3) is 0 Å². The Hall–Kier alpha value is -2.32. The van der Waals surface area contributed by atoms with Crippen molar-refractivity contribution in [2.75, 3.05) is 6.61 Å². The monoisotopic (exact) mass is 528 g/mol. The van der Waals surface area contributed by atoms with Gasteiger partial charge in [-0.25, -0.2) is 0 Å². The van der Waals surface area contributed by atoms with Crippen molar-refractivity contribution in [3.05, 3.63) is 72.8 Å². The zero-order chi connectivity index (χ0) is 27.1. The van der Waals surface area contributed by atoms with Gasteiger partial charge < -0.3 is 4.74 Å². The summed E-state index contributed by atoms with van der Waals surface area (Å²) in [6.07, 6.45) is 16.2. The number of hydrogen-bond acceptors (Lipinski definition) is 1. The van der Waals surface area contributed by atoms with Gasteiger partial charge in [-0.1, -0.05) is 169 Å². The molecule has 0 N–H and O–H groups in total. The fourth-order valence-electron chi connectivity index (χ4n) is 5.28. The summed E-state index contributed by atoms with van der Waals surface area (Å²) in [7, 11) is -1.37. The van der Waals surface area contributed by atoms with Crippen molar-refractivity contribution in [2.24, 2.45) is 0 Å². The third kappa shape index (κ3) is 10.1.